The molecule has 0 radical (unpaired) electrons. The van der Waals surface area contributed by atoms with Crippen molar-refractivity contribution in [1.29, 1.82) is 0 Å². The van der Waals surface area contributed by atoms with Crippen LogP contribution in [0.2, 0.25) is 5.02 Å². The lowest BCUT2D eigenvalue weighted by Crippen LogP contribution is -2.29. The predicted molar refractivity (Wildman–Crippen MR) is 90.3 cm³/mol. The number of hydrogen-bond acceptors (Lipinski definition) is 6. The molecule has 0 aromatic heterocycles. The van der Waals surface area contributed by atoms with Gasteiger partial charge in [-0.05, 0) is 30.3 Å². The number of nitro groups is 1. The lowest BCUT2D eigenvalue weighted by atomic mass is 10.2. The first-order chi connectivity index (χ1) is 12.5. The molecule has 12 heteroatoms. The molecule has 0 bridgehead atoms. The maximum Gasteiger partial charge on any atom is 0.501 e. The van der Waals surface area contributed by atoms with Gasteiger partial charge in [0.1, 0.15) is 18.0 Å². The number of nitro benzene ring substituents is 1. The van der Waals surface area contributed by atoms with Crippen molar-refractivity contribution in [2.45, 2.75) is 10.4 Å². The van der Waals surface area contributed by atoms with Gasteiger partial charge in [-0.3, -0.25) is 10.1 Å². The van der Waals surface area contributed by atoms with Gasteiger partial charge in [0.25, 0.3) is 15.5 Å². The Morgan fingerprint density at radius 3 is 2.48 bits per heavy atom. The first-order valence-electron chi connectivity index (χ1n) is 7.32. The maximum atomic E-state index is 12.7. The maximum absolute atomic E-state index is 12.7. The Morgan fingerprint density at radius 2 is 1.85 bits per heavy atom. The third-order valence-corrected chi connectivity index (χ3v) is 5.55. The fourth-order valence-electron chi connectivity index (χ4n) is 2.62. The fraction of sp³-hybridized carbons (Fsp3) is 0.200. The van der Waals surface area contributed by atoms with Gasteiger partial charge in [0.05, 0.1) is 22.1 Å². The monoisotopic (exact) mass is 422 g/mol. The van der Waals surface area contributed by atoms with Gasteiger partial charge in [0, 0.05) is 11.1 Å². The topological polar surface area (TPSA) is 89.8 Å². The number of alkyl halides is 3. The van der Waals surface area contributed by atoms with Crippen molar-refractivity contribution in [3.8, 4) is 5.75 Å². The zero-order valence-electron chi connectivity index (χ0n) is 13.2. The zero-order chi connectivity index (χ0) is 20.0. The van der Waals surface area contributed by atoms with Crippen LogP contribution in [0.3, 0.4) is 0 Å². The van der Waals surface area contributed by atoms with Crippen molar-refractivity contribution < 1.29 is 31.2 Å². The van der Waals surface area contributed by atoms with Crippen molar-refractivity contribution in [1.82, 2.24) is 0 Å². The highest BCUT2D eigenvalue weighted by molar-refractivity contribution is 7.92. The molecule has 2 aromatic rings. The normalized spacial score (nSPS) is 14.4. The Balaban J connectivity index is 2.17. The van der Waals surface area contributed by atoms with E-state index < -0.39 is 30.9 Å². The summed E-state index contributed by atoms with van der Waals surface area (Å²) in [6.07, 6.45) is 0. The van der Waals surface area contributed by atoms with Gasteiger partial charge in [-0.15, -0.1) is 0 Å². The Bertz CT molecular complexity index is 1030. The summed E-state index contributed by atoms with van der Waals surface area (Å²) >= 11 is 5.95. The summed E-state index contributed by atoms with van der Waals surface area (Å²) in [4.78, 5) is 10.7. The highest BCUT2D eigenvalue weighted by Crippen LogP contribution is 2.43. The quantitative estimate of drug-likeness (QED) is 0.547. The van der Waals surface area contributed by atoms with Crippen molar-refractivity contribution in [2.24, 2.45) is 0 Å². The van der Waals surface area contributed by atoms with Crippen LogP contribution in [0.5, 0.6) is 5.75 Å². The molecule has 144 valence electrons. The summed E-state index contributed by atoms with van der Waals surface area (Å²) in [5, 5.41) is 11.7. The second-order valence-electron chi connectivity index (χ2n) is 5.47. The summed E-state index contributed by atoms with van der Waals surface area (Å²) < 4.78 is 66.8. The molecule has 0 aliphatic carbocycles. The number of hydrogen-bond donors (Lipinski definition) is 0. The van der Waals surface area contributed by atoms with E-state index in [-0.39, 0.29) is 18.8 Å². The summed E-state index contributed by atoms with van der Waals surface area (Å²) in [7, 11) is -5.72. The zero-order valence-corrected chi connectivity index (χ0v) is 14.8. The molecular weight excluding hydrogens is 413 g/mol. The number of ether oxygens (including phenoxy) is 1. The van der Waals surface area contributed by atoms with Gasteiger partial charge in [0.15, 0.2) is 0 Å². The molecule has 2 aromatic carbocycles. The average Bonchev–Trinajstić information content (AvgIpc) is 2.59. The number of sulfone groups is 1. The van der Waals surface area contributed by atoms with E-state index in [0.717, 1.165) is 6.07 Å². The number of benzene rings is 2. The van der Waals surface area contributed by atoms with E-state index in [4.69, 9.17) is 16.3 Å². The molecule has 0 unspecified atom stereocenters. The van der Waals surface area contributed by atoms with E-state index in [1.165, 1.54) is 11.0 Å². The van der Waals surface area contributed by atoms with Crippen LogP contribution >= 0.6 is 11.6 Å². The third-order valence-electron chi connectivity index (χ3n) is 3.83. The van der Waals surface area contributed by atoms with E-state index in [1.54, 1.807) is 12.1 Å². The molecule has 1 aliphatic heterocycles. The largest absolute Gasteiger partial charge is 0.501 e. The molecule has 0 N–H and O–H groups in total. The molecule has 7 nitrogen and oxygen atoms in total. The van der Waals surface area contributed by atoms with E-state index in [2.05, 4.69) is 0 Å². The van der Waals surface area contributed by atoms with Gasteiger partial charge < -0.3 is 9.64 Å². The number of anilines is 2. The van der Waals surface area contributed by atoms with Gasteiger partial charge in [-0.2, -0.15) is 13.2 Å². The minimum Gasteiger partial charge on any atom is -0.490 e. The third kappa shape index (κ3) is 3.39. The van der Waals surface area contributed by atoms with Crippen LogP contribution in [0, 0.1) is 10.1 Å². The summed E-state index contributed by atoms with van der Waals surface area (Å²) in [6, 6.07) is 6.64. The molecule has 1 aliphatic rings. The van der Waals surface area contributed by atoms with Gasteiger partial charge in [-0.25, -0.2) is 8.42 Å². The molecule has 0 saturated heterocycles. The number of halogens is 4. The second kappa shape index (κ2) is 6.57. The molecule has 27 heavy (non-hydrogen) atoms. The molecule has 1 heterocycles. The first-order valence-corrected chi connectivity index (χ1v) is 9.18. The Labute approximate surface area is 156 Å². The summed E-state index contributed by atoms with van der Waals surface area (Å²) in [5.41, 5.74) is -6.05. The number of nitrogens with zero attached hydrogens (tertiary/aromatic N) is 2. The van der Waals surface area contributed by atoms with E-state index in [9.17, 15) is 31.7 Å². The van der Waals surface area contributed by atoms with Crippen LogP contribution < -0.4 is 9.64 Å². The van der Waals surface area contributed by atoms with Crippen LogP contribution in [0.25, 0.3) is 0 Å². The summed E-state index contributed by atoms with van der Waals surface area (Å²) in [5.74, 6) is 0.381. The fourth-order valence-corrected chi connectivity index (χ4v) is 3.57. The minimum absolute atomic E-state index is 0.0760. The Morgan fingerprint density at radius 1 is 1.15 bits per heavy atom. The molecular formula is C15H10ClF3N2O5S. The lowest BCUT2D eigenvalue weighted by Gasteiger charge is -2.31. The Hall–Kier alpha value is -2.53. The highest BCUT2D eigenvalue weighted by Gasteiger charge is 2.47. The highest BCUT2D eigenvalue weighted by atomic mass is 35.5. The molecule has 0 fully saturated rings. The van der Waals surface area contributed by atoms with Gasteiger partial charge >= 0.3 is 5.51 Å². The van der Waals surface area contributed by atoms with E-state index >= 15 is 0 Å². The smallest absolute Gasteiger partial charge is 0.490 e. The minimum atomic E-state index is -5.72. The van der Waals surface area contributed by atoms with Crippen molar-refractivity contribution in [3.05, 3.63) is 51.5 Å². The first kappa shape index (κ1) is 19.2. The van der Waals surface area contributed by atoms with Gasteiger partial charge in [0.2, 0.25) is 0 Å². The van der Waals surface area contributed by atoms with Crippen LogP contribution in [-0.4, -0.2) is 32.0 Å². The molecule has 3 rings (SSSR count). The lowest BCUT2D eigenvalue weighted by molar-refractivity contribution is -0.384. The van der Waals surface area contributed by atoms with Gasteiger partial charge in [-0.1, -0.05) is 11.6 Å². The Kier molecular flexibility index (Phi) is 4.68. The number of rotatable bonds is 3. The number of fused-ring (bicyclic) bond motifs is 1. The van der Waals surface area contributed by atoms with E-state index in [1.807, 2.05) is 0 Å². The van der Waals surface area contributed by atoms with Crippen molar-refractivity contribution in [3.63, 3.8) is 0 Å². The van der Waals surface area contributed by atoms with Crippen LogP contribution in [-0.2, 0) is 9.84 Å². The SMILES string of the molecule is O=[N+]([O-])c1cc(S(=O)(=O)C(F)(F)F)ccc1N1CCOc2ccc(Cl)cc21. The van der Waals surface area contributed by atoms with Crippen LogP contribution in [0.4, 0.5) is 30.2 Å². The molecule has 0 spiro atoms. The average molecular weight is 423 g/mol. The van der Waals surface area contributed by atoms with Crippen molar-refractivity contribution in [2.75, 3.05) is 18.1 Å². The predicted octanol–water partition coefficient (Wildman–Crippen LogP) is 4.07. The van der Waals surface area contributed by atoms with E-state index in [0.29, 0.717) is 28.6 Å². The van der Waals surface area contributed by atoms with Crippen molar-refractivity contribution >= 4 is 38.5 Å². The van der Waals surface area contributed by atoms with Crippen LogP contribution in [0.15, 0.2) is 41.3 Å². The summed E-state index contributed by atoms with van der Waals surface area (Å²) in [6.45, 7) is 0.313. The standard InChI is InChI=1S/C15H10ClF3N2O5S/c16-9-1-4-14-13(7-9)20(5-6-26-14)11-3-2-10(8-12(11)21(22)23)27(24,25)15(17,18)19/h1-4,7-8H,5-6H2. The van der Waals surface area contributed by atoms with Crippen LogP contribution in [0.1, 0.15) is 0 Å². The molecule has 0 atom stereocenters. The molecule has 0 saturated carbocycles. The molecule has 0 amide bonds. The second-order valence-corrected chi connectivity index (χ2v) is 7.85.